The third-order valence-electron chi connectivity index (χ3n) is 5.99. The molecular weight excluding hydrogens is 489 g/mol. The molecule has 0 N–H and O–H groups in total. The normalized spacial score (nSPS) is 18.3. The molecule has 0 bridgehead atoms. The second kappa shape index (κ2) is 8.86. The lowest BCUT2D eigenvalue weighted by atomic mass is 9.85. The molecule has 170 valence electrons. The first-order valence-electron chi connectivity index (χ1n) is 10.2. The summed E-state index contributed by atoms with van der Waals surface area (Å²) in [5, 5.41) is 4.30. The second-order valence-electron chi connectivity index (χ2n) is 8.15. The third kappa shape index (κ3) is 4.83. The van der Waals surface area contributed by atoms with Crippen molar-refractivity contribution in [1.29, 1.82) is 0 Å². The minimum Gasteiger partial charge on any atom is -0.465 e. The maximum atomic E-state index is 12.9. The van der Waals surface area contributed by atoms with Crippen LogP contribution in [0.1, 0.15) is 46.3 Å². The summed E-state index contributed by atoms with van der Waals surface area (Å²) in [4.78, 5) is 19.7. The number of methoxy groups -OCH3 is 1. The van der Waals surface area contributed by atoms with E-state index in [1.54, 1.807) is 18.2 Å². The van der Waals surface area contributed by atoms with Gasteiger partial charge in [0.2, 0.25) is 0 Å². The fourth-order valence-electron chi connectivity index (χ4n) is 4.12. The molecule has 2 aromatic rings. The highest BCUT2D eigenvalue weighted by Crippen LogP contribution is 2.38. The predicted octanol–water partition coefficient (Wildman–Crippen LogP) is 5.41. The number of ether oxygens (including phenoxy) is 1. The van der Waals surface area contributed by atoms with E-state index in [2.05, 4.69) is 26.0 Å². The van der Waals surface area contributed by atoms with Crippen LogP contribution in [0.3, 0.4) is 0 Å². The van der Waals surface area contributed by atoms with Gasteiger partial charge in [-0.25, -0.2) is 4.79 Å². The lowest BCUT2D eigenvalue weighted by Crippen LogP contribution is -2.44. The van der Waals surface area contributed by atoms with Gasteiger partial charge in [0.25, 0.3) is 0 Å². The van der Waals surface area contributed by atoms with Crippen molar-refractivity contribution in [2.45, 2.75) is 37.6 Å². The van der Waals surface area contributed by atoms with E-state index in [9.17, 15) is 18.0 Å². The van der Waals surface area contributed by atoms with Crippen LogP contribution in [0.5, 0.6) is 0 Å². The van der Waals surface area contributed by atoms with E-state index in [0.29, 0.717) is 18.5 Å². The Bertz CT molecular complexity index is 1030. The summed E-state index contributed by atoms with van der Waals surface area (Å²) in [5.41, 5.74) is 2.05. The Morgan fingerprint density at radius 3 is 2.47 bits per heavy atom. The van der Waals surface area contributed by atoms with Crippen LogP contribution >= 0.6 is 15.9 Å². The number of benzene rings is 2. The van der Waals surface area contributed by atoms with Crippen molar-refractivity contribution < 1.29 is 27.5 Å². The fraction of sp³-hybridized carbons (Fsp3) is 0.391. The van der Waals surface area contributed by atoms with Crippen LogP contribution in [0.15, 0.2) is 52.1 Å². The molecule has 2 aliphatic heterocycles. The molecule has 0 saturated carbocycles. The maximum absolute atomic E-state index is 12.9. The largest absolute Gasteiger partial charge is 0.465 e. The summed E-state index contributed by atoms with van der Waals surface area (Å²) in [7, 11) is 1.34. The lowest BCUT2D eigenvalue weighted by Gasteiger charge is -2.37. The zero-order valence-corrected chi connectivity index (χ0v) is 19.0. The second-order valence-corrected chi connectivity index (χ2v) is 9.00. The van der Waals surface area contributed by atoms with Gasteiger partial charge in [-0.3, -0.25) is 4.90 Å². The standard InChI is InChI=1S/C23H22BrF3N2O3/c1-31-21(30)17-5-3-16(4-6-17)20-13-22(32-28-20)8-10-29(11-9-22)14-15-2-7-18(19(24)12-15)23(25,26)27/h2-7,12H,8-11,13-14H2,1H3. The molecule has 1 fully saturated rings. The number of carbonyl (C=O) groups is 1. The van der Waals surface area contributed by atoms with E-state index in [1.807, 2.05) is 12.1 Å². The summed E-state index contributed by atoms with van der Waals surface area (Å²) in [6.45, 7) is 2.11. The van der Waals surface area contributed by atoms with Gasteiger partial charge in [-0.15, -0.1) is 0 Å². The van der Waals surface area contributed by atoms with E-state index in [-0.39, 0.29) is 16.0 Å². The molecule has 0 aliphatic carbocycles. The van der Waals surface area contributed by atoms with E-state index in [0.717, 1.165) is 48.8 Å². The van der Waals surface area contributed by atoms with Crippen molar-refractivity contribution >= 4 is 27.6 Å². The van der Waals surface area contributed by atoms with Gasteiger partial charge in [0.05, 0.1) is 23.9 Å². The van der Waals surface area contributed by atoms with Gasteiger partial charge in [-0.05, 0) is 35.4 Å². The fourth-order valence-corrected chi connectivity index (χ4v) is 4.78. The number of esters is 1. The van der Waals surface area contributed by atoms with E-state index >= 15 is 0 Å². The number of oxime groups is 1. The van der Waals surface area contributed by atoms with Gasteiger partial charge < -0.3 is 9.57 Å². The van der Waals surface area contributed by atoms with Crippen LogP contribution < -0.4 is 0 Å². The third-order valence-corrected chi connectivity index (χ3v) is 6.65. The Morgan fingerprint density at radius 2 is 1.88 bits per heavy atom. The van der Waals surface area contributed by atoms with Gasteiger partial charge in [0.15, 0.2) is 0 Å². The molecule has 1 saturated heterocycles. The molecule has 0 unspecified atom stereocenters. The number of nitrogens with zero attached hydrogens (tertiary/aromatic N) is 2. The van der Waals surface area contributed by atoms with Gasteiger partial charge >= 0.3 is 12.1 Å². The SMILES string of the molecule is COC(=O)c1ccc(C2=NOC3(CCN(Cc4ccc(C(F)(F)F)c(Br)c4)CC3)C2)cc1. The summed E-state index contributed by atoms with van der Waals surface area (Å²) in [6, 6.07) is 11.3. The topological polar surface area (TPSA) is 51.1 Å². The van der Waals surface area contributed by atoms with Gasteiger partial charge in [-0.2, -0.15) is 13.2 Å². The van der Waals surface area contributed by atoms with Crippen LogP contribution in [0, 0.1) is 0 Å². The van der Waals surface area contributed by atoms with Crippen LogP contribution in [-0.2, 0) is 22.3 Å². The molecule has 0 radical (unpaired) electrons. The molecule has 5 nitrogen and oxygen atoms in total. The van der Waals surface area contributed by atoms with Crippen molar-refractivity contribution in [3.63, 3.8) is 0 Å². The summed E-state index contributed by atoms with van der Waals surface area (Å²) in [5.74, 6) is -0.384. The first-order chi connectivity index (χ1) is 15.2. The molecule has 2 aromatic carbocycles. The number of alkyl halides is 3. The van der Waals surface area contributed by atoms with Gasteiger partial charge in [0, 0.05) is 43.4 Å². The number of hydrogen-bond acceptors (Lipinski definition) is 5. The highest BCUT2D eigenvalue weighted by Gasteiger charge is 2.42. The summed E-state index contributed by atoms with van der Waals surface area (Å²) in [6.07, 6.45) is -2.12. The van der Waals surface area contributed by atoms with Gasteiger partial charge in [0.1, 0.15) is 5.60 Å². The smallest absolute Gasteiger partial charge is 0.417 e. The highest BCUT2D eigenvalue weighted by atomic mass is 79.9. The van der Waals surface area contributed by atoms with Crippen LogP contribution in [0.4, 0.5) is 13.2 Å². The molecule has 4 rings (SSSR count). The van der Waals surface area contributed by atoms with Crippen LogP contribution in [0.25, 0.3) is 0 Å². The molecule has 9 heteroatoms. The van der Waals surface area contributed by atoms with E-state index in [4.69, 9.17) is 9.57 Å². The Hall–Kier alpha value is -2.39. The highest BCUT2D eigenvalue weighted by molar-refractivity contribution is 9.10. The number of rotatable bonds is 4. The minimum absolute atomic E-state index is 0.0614. The average molecular weight is 511 g/mol. The van der Waals surface area contributed by atoms with Crippen molar-refractivity contribution in [2.24, 2.45) is 5.16 Å². The molecule has 0 atom stereocenters. The number of hydrogen-bond donors (Lipinski definition) is 0. The Labute approximate surface area is 192 Å². The van der Waals surface area contributed by atoms with Crippen molar-refractivity contribution in [2.75, 3.05) is 20.2 Å². The number of piperidine rings is 1. The molecular formula is C23H22BrF3N2O3. The van der Waals surface area contributed by atoms with Crippen LogP contribution in [-0.4, -0.2) is 42.4 Å². The minimum atomic E-state index is -4.37. The zero-order valence-electron chi connectivity index (χ0n) is 17.4. The quantitative estimate of drug-likeness (QED) is 0.515. The van der Waals surface area contributed by atoms with Crippen molar-refractivity contribution in [3.8, 4) is 0 Å². The molecule has 32 heavy (non-hydrogen) atoms. The van der Waals surface area contributed by atoms with Crippen molar-refractivity contribution in [3.05, 3.63) is 69.2 Å². The molecule has 0 aromatic heterocycles. The van der Waals surface area contributed by atoms with Gasteiger partial charge in [-0.1, -0.05) is 39.3 Å². The van der Waals surface area contributed by atoms with Crippen LogP contribution in [0.2, 0.25) is 0 Å². The van der Waals surface area contributed by atoms with E-state index in [1.165, 1.54) is 13.2 Å². The first-order valence-corrected chi connectivity index (χ1v) is 11.0. The first kappa shape index (κ1) is 22.8. The van der Waals surface area contributed by atoms with E-state index < -0.39 is 11.7 Å². The number of carbonyl (C=O) groups excluding carboxylic acids is 1. The summed E-state index contributed by atoms with van der Waals surface area (Å²) < 4.78 is 43.6. The molecule has 2 heterocycles. The Balaban J connectivity index is 1.33. The monoisotopic (exact) mass is 510 g/mol. The molecule has 0 amide bonds. The average Bonchev–Trinajstić information content (AvgIpc) is 3.18. The Kier molecular flexibility index (Phi) is 6.31. The molecule has 1 spiro atoms. The van der Waals surface area contributed by atoms with Crippen molar-refractivity contribution in [1.82, 2.24) is 4.90 Å². The molecule has 2 aliphatic rings. The lowest BCUT2D eigenvalue weighted by molar-refractivity contribution is -0.138. The number of halogens is 4. The Morgan fingerprint density at radius 1 is 1.19 bits per heavy atom. The predicted molar refractivity (Wildman–Crippen MR) is 116 cm³/mol. The number of likely N-dealkylation sites (tertiary alicyclic amines) is 1. The zero-order chi connectivity index (χ0) is 22.9. The maximum Gasteiger partial charge on any atom is 0.417 e. The summed E-state index contributed by atoms with van der Waals surface area (Å²) >= 11 is 3.04.